The average molecular weight is 393 g/mol. The molecule has 0 aromatic rings. The van der Waals surface area contributed by atoms with Crippen molar-refractivity contribution in [3.8, 4) is 0 Å². The van der Waals surface area contributed by atoms with Gasteiger partial charge in [-0.25, -0.2) is 4.79 Å². The van der Waals surface area contributed by atoms with E-state index in [4.69, 9.17) is 4.74 Å². The van der Waals surface area contributed by atoms with Crippen molar-refractivity contribution in [3.05, 3.63) is 0 Å². The lowest BCUT2D eigenvalue weighted by Gasteiger charge is -2.48. The highest BCUT2D eigenvalue weighted by atomic mass is 16.5. The fourth-order valence-electron chi connectivity index (χ4n) is 5.01. The van der Waals surface area contributed by atoms with E-state index in [2.05, 4.69) is 24.1 Å². The lowest BCUT2D eigenvalue weighted by Crippen LogP contribution is -2.60. The molecule has 28 heavy (non-hydrogen) atoms. The van der Waals surface area contributed by atoms with Gasteiger partial charge in [-0.2, -0.15) is 0 Å². The van der Waals surface area contributed by atoms with Gasteiger partial charge in [-0.15, -0.1) is 0 Å². The van der Waals surface area contributed by atoms with E-state index in [0.29, 0.717) is 11.8 Å². The fraction of sp³-hybridized carbons (Fsp3) is 0.905. The summed E-state index contributed by atoms with van der Waals surface area (Å²) in [6.07, 6.45) is 5.02. The molecule has 0 spiro atoms. The molecule has 3 heterocycles. The first-order valence-electron chi connectivity index (χ1n) is 11.1. The molecule has 2 atom stereocenters. The maximum Gasteiger partial charge on any atom is 0.317 e. The summed E-state index contributed by atoms with van der Waals surface area (Å²) in [5, 5.41) is 3.26. The van der Waals surface area contributed by atoms with Crippen LogP contribution in [0.15, 0.2) is 0 Å². The minimum atomic E-state index is 0.0721. The highest BCUT2D eigenvalue weighted by Crippen LogP contribution is 2.33. The SMILES string of the molecule is CC1CN(C(=O)C2CC2)CCC1NC(=O)N1CCC(C)(N2CCOCC2)CC1. The van der Waals surface area contributed by atoms with Crippen molar-refractivity contribution in [2.45, 2.75) is 57.5 Å². The summed E-state index contributed by atoms with van der Waals surface area (Å²) in [5.74, 6) is 0.923. The van der Waals surface area contributed by atoms with Crippen molar-refractivity contribution in [3.63, 3.8) is 0 Å². The highest BCUT2D eigenvalue weighted by molar-refractivity contribution is 5.81. The molecule has 4 aliphatic rings. The number of morpholine rings is 1. The van der Waals surface area contributed by atoms with Gasteiger partial charge in [-0.05, 0) is 44.9 Å². The molecule has 1 aliphatic carbocycles. The summed E-state index contributed by atoms with van der Waals surface area (Å²) in [6.45, 7) is 11.3. The zero-order chi connectivity index (χ0) is 19.7. The van der Waals surface area contributed by atoms with E-state index >= 15 is 0 Å². The van der Waals surface area contributed by atoms with Crippen LogP contribution in [-0.2, 0) is 9.53 Å². The van der Waals surface area contributed by atoms with Gasteiger partial charge in [0, 0.05) is 56.8 Å². The van der Waals surface area contributed by atoms with Gasteiger partial charge in [0.2, 0.25) is 5.91 Å². The third-order valence-corrected chi connectivity index (χ3v) is 7.35. The van der Waals surface area contributed by atoms with Crippen molar-refractivity contribution in [2.24, 2.45) is 11.8 Å². The second kappa shape index (κ2) is 8.19. The van der Waals surface area contributed by atoms with E-state index in [1.54, 1.807) is 0 Å². The van der Waals surface area contributed by atoms with Gasteiger partial charge in [0.1, 0.15) is 0 Å². The second-order valence-corrected chi connectivity index (χ2v) is 9.46. The van der Waals surface area contributed by atoms with E-state index in [-0.39, 0.29) is 23.5 Å². The number of hydrogen-bond acceptors (Lipinski definition) is 4. The summed E-state index contributed by atoms with van der Waals surface area (Å²) in [5.41, 5.74) is 0.183. The number of rotatable bonds is 3. The monoisotopic (exact) mass is 392 g/mol. The van der Waals surface area contributed by atoms with E-state index in [1.165, 1.54) is 0 Å². The molecule has 0 bridgehead atoms. The van der Waals surface area contributed by atoms with Crippen LogP contribution in [0.2, 0.25) is 0 Å². The number of ether oxygens (including phenoxy) is 1. The molecular weight excluding hydrogens is 356 g/mol. The predicted octanol–water partition coefficient (Wildman–Crippen LogP) is 1.53. The van der Waals surface area contributed by atoms with Gasteiger partial charge in [0.25, 0.3) is 0 Å². The predicted molar refractivity (Wildman–Crippen MR) is 107 cm³/mol. The van der Waals surface area contributed by atoms with E-state index in [1.807, 2.05) is 9.80 Å². The lowest BCUT2D eigenvalue weighted by atomic mass is 9.87. The fourth-order valence-corrected chi connectivity index (χ4v) is 5.01. The molecule has 7 heteroatoms. The highest BCUT2D eigenvalue weighted by Gasteiger charge is 2.39. The Morgan fingerprint density at radius 1 is 0.964 bits per heavy atom. The van der Waals surface area contributed by atoms with Crippen molar-refractivity contribution >= 4 is 11.9 Å². The third-order valence-electron chi connectivity index (χ3n) is 7.35. The van der Waals surface area contributed by atoms with Gasteiger partial charge < -0.3 is 19.9 Å². The number of nitrogens with one attached hydrogen (secondary N) is 1. The Hall–Kier alpha value is -1.34. The van der Waals surface area contributed by atoms with Crippen LogP contribution in [0.1, 0.15) is 46.0 Å². The van der Waals surface area contributed by atoms with Crippen molar-refractivity contribution < 1.29 is 14.3 Å². The van der Waals surface area contributed by atoms with Gasteiger partial charge >= 0.3 is 6.03 Å². The molecular formula is C21H36N4O3. The van der Waals surface area contributed by atoms with Crippen LogP contribution in [0.3, 0.4) is 0 Å². The molecule has 4 rings (SSSR count). The quantitative estimate of drug-likeness (QED) is 0.791. The number of carbonyl (C=O) groups is 2. The molecule has 0 radical (unpaired) electrons. The summed E-state index contributed by atoms with van der Waals surface area (Å²) in [6, 6.07) is 0.242. The zero-order valence-corrected chi connectivity index (χ0v) is 17.5. The number of carbonyl (C=O) groups excluding carboxylic acids is 2. The normalized spacial score (nSPS) is 31.5. The number of piperidine rings is 2. The van der Waals surface area contributed by atoms with Crippen LogP contribution in [0.5, 0.6) is 0 Å². The maximum absolute atomic E-state index is 12.8. The molecule has 0 aromatic carbocycles. The van der Waals surface area contributed by atoms with Gasteiger partial charge in [-0.1, -0.05) is 6.92 Å². The van der Waals surface area contributed by atoms with Gasteiger partial charge in [0.15, 0.2) is 0 Å². The Kier molecular flexibility index (Phi) is 5.83. The van der Waals surface area contributed by atoms with Crippen LogP contribution in [-0.4, -0.2) is 90.7 Å². The minimum absolute atomic E-state index is 0.0721. The molecule has 3 saturated heterocycles. The standard InChI is InChI=1S/C21H36N4O3/c1-16-15-24(19(26)17-3-4-17)8-5-18(16)22-20(27)23-9-6-21(2,7-10-23)25-11-13-28-14-12-25/h16-18H,3-15H2,1-2H3,(H,22,27). The molecule has 7 nitrogen and oxygen atoms in total. The topological polar surface area (TPSA) is 65.1 Å². The van der Waals surface area contributed by atoms with E-state index in [9.17, 15) is 9.59 Å². The number of amides is 3. The molecule has 3 amide bonds. The first-order chi connectivity index (χ1) is 13.5. The number of urea groups is 1. The Morgan fingerprint density at radius 3 is 2.25 bits per heavy atom. The molecule has 1 saturated carbocycles. The molecule has 158 valence electrons. The number of nitrogens with zero attached hydrogens (tertiary/aromatic N) is 3. The smallest absolute Gasteiger partial charge is 0.317 e. The minimum Gasteiger partial charge on any atom is -0.379 e. The molecule has 2 unspecified atom stereocenters. The van der Waals surface area contributed by atoms with Crippen molar-refractivity contribution in [1.29, 1.82) is 0 Å². The molecule has 0 aromatic heterocycles. The van der Waals surface area contributed by atoms with Crippen LogP contribution < -0.4 is 5.32 Å². The van der Waals surface area contributed by atoms with Gasteiger partial charge in [-0.3, -0.25) is 9.69 Å². The number of likely N-dealkylation sites (tertiary alicyclic amines) is 2. The van der Waals surface area contributed by atoms with Crippen LogP contribution in [0, 0.1) is 11.8 Å². The molecule has 4 fully saturated rings. The summed E-state index contributed by atoms with van der Waals surface area (Å²) in [7, 11) is 0. The van der Waals surface area contributed by atoms with Crippen LogP contribution >= 0.6 is 0 Å². The Morgan fingerprint density at radius 2 is 1.64 bits per heavy atom. The first kappa shape index (κ1) is 20.0. The largest absolute Gasteiger partial charge is 0.379 e. The molecule has 3 aliphatic heterocycles. The second-order valence-electron chi connectivity index (χ2n) is 9.46. The first-order valence-corrected chi connectivity index (χ1v) is 11.1. The Balaban J connectivity index is 1.24. The van der Waals surface area contributed by atoms with Crippen LogP contribution in [0.25, 0.3) is 0 Å². The lowest BCUT2D eigenvalue weighted by molar-refractivity contribution is -0.134. The third kappa shape index (κ3) is 4.30. The zero-order valence-electron chi connectivity index (χ0n) is 17.5. The number of hydrogen-bond donors (Lipinski definition) is 1. The summed E-state index contributed by atoms with van der Waals surface area (Å²) in [4.78, 5) is 31.7. The molecule has 1 N–H and O–H groups in total. The maximum atomic E-state index is 12.8. The van der Waals surface area contributed by atoms with Crippen LogP contribution in [0.4, 0.5) is 4.79 Å². The Bertz CT molecular complexity index is 580. The summed E-state index contributed by atoms with van der Waals surface area (Å²) < 4.78 is 5.49. The van der Waals surface area contributed by atoms with E-state index < -0.39 is 0 Å². The van der Waals surface area contributed by atoms with Gasteiger partial charge in [0.05, 0.1) is 13.2 Å². The summed E-state index contributed by atoms with van der Waals surface area (Å²) >= 11 is 0. The van der Waals surface area contributed by atoms with Crippen molar-refractivity contribution in [2.75, 3.05) is 52.5 Å². The van der Waals surface area contributed by atoms with Crippen molar-refractivity contribution in [1.82, 2.24) is 20.0 Å². The average Bonchev–Trinajstić information content (AvgIpc) is 3.55. The van der Waals surface area contributed by atoms with E-state index in [0.717, 1.165) is 84.6 Å². The Labute approximate surface area is 168 Å².